The molecule has 2 aromatic heterocycles. The van der Waals surface area contributed by atoms with E-state index in [1.54, 1.807) is 23.5 Å². The van der Waals surface area contributed by atoms with Gasteiger partial charge in [0.15, 0.2) is 0 Å². The van der Waals surface area contributed by atoms with Crippen molar-refractivity contribution in [1.29, 1.82) is 5.26 Å². The van der Waals surface area contributed by atoms with E-state index in [0.29, 0.717) is 43.3 Å². The summed E-state index contributed by atoms with van der Waals surface area (Å²) in [5.74, 6) is 1.01. The van der Waals surface area contributed by atoms with Crippen LogP contribution in [0.25, 0.3) is 11.5 Å². The van der Waals surface area contributed by atoms with Crippen LogP contribution in [-0.2, 0) is 17.8 Å². The molecular formula is C20H20N4O2S. The van der Waals surface area contributed by atoms with E-state index in [1.807, 2.05) is 40.8 Å². The lowest BCUT2D eigenvalue weighted by molar-refractivity contribution is -0.131. The summed E-state index contributed by atoms with van der Waals surface area (Å²) in [7, 11) is 0. The standard InChI is InChI=1S/C20H20N4O2S/c1-2-10-24(13-16-5-3-15(12-21)4-6-16)19(25)8-7-18-22-23-20(26-18)17-9-11-27-14-17/h3-6,9,11,14H,2,7-8,10,13H2,1H3. The third-order valence-corrected chi connectivity index (χ3v) is 4.77. The lowest BCUT2D eigenvalue weighted by Crippen LogP contribution is -2.31. The molecule has 138 valence electrons. The van der Waals surface area contributed by atoms with Crippen LogP contribution in [0.3, 0.4) is 0 Å². The number of amides is 1. The first-order valence-corrected chi connectivity index (χ1v) is 9.75. The lowest BCUT2D eigenvalue weighted by Gasteiger charge is -2.22. The van der Waals surface area contributed by atoms with Crippen LogP contribution in [0, 0.1) is 11.3 Å². The Labute approximate surface area is 162 Å². The van der Waals surface area contributed by atoms with Gasteiger partial charge in [-0.05, 0) is 35.6 Å². The van der Waals surface area contributed by atoms with Crippen LogP contribution in [0.5, 0.6) is 0 Å². The Hall–Kier alpha value is -2.98. The number of nitriles is 1. The van der Waals surface area contributed by atoms with E-state index in [-0.39, 0.29) is 5.91 Å². The van der Waals surface area contributed by atoms with Crippen molar-refractivity contribution in [2.45, 2.75) is 32.7 Å². The first kappa shape index (κ1) is 18.8. The van der Waals surface area contributed by atoms with E-state index >= 15 is 0 Å². The minimum absolute atomic E-state index is 0.0523. The van der Waals surface area contributed by atoms with Crippen LogP contribution in [-0.4, -0.2) is 27.5 Å². The van der Waals surface area contributed by atoms with Crippen molar-refractivity contribution < 1.29 is 9.21 Å². The number of carbonyl (C=O) groups excluding carboxylic acids is 1. The first-order valence-electron chi connectivity index (χ1n) is 8.81. The smallest absolute Gasteiger partial charge is 0.248 e. The van der Waals surface area contributed by atoms with Gasteiger partial charge in [0.05, 0.1) is 11.6 Å². The highest BCUT2D eigenvalue weighted by Gasteiger charge is 2.16. The summed E-state index contributed by atoms with van der Waals surface area (Å²) in [5.41, 5.74) is 2.52. The quantitative estimate of drug-likeness (QED) is 0.589. The van der Waals surface area contributed by atoms with Gasteiger partial charge in [-0.25, -0.2) is 0 Å². The highest BCUT2D eigenvalue weighted by molar-refractivity contribution is 7.08. The van der Waals surface area contributed by atoms with E-state index in [0.717, 1.165) is 17.5 Å². The molecule has 1 amide bonds. The van der Waals surface area contributed by atoms with E-state index in [1.165, 1.54) is 0 Å². The molecule has 0 radical (unpaired) electrons. The van der Waals surface area contributed by atoms with Gasteiger partial charge in [0.1, 0.15) is 0 Å². The normalized spacial score (nSPS) is 10.5. The third kappa shape index (κ3) is 5.02. The molecule has 0 spiro atoms. The summed E-state index contributed by atoms with van der Waals surface area (Å²) in [6, 6.07) is 11.3. The van der Waals surface area contributed by atoms with Crippen molar-refractivity contribution in [2.75, 3.05) is 6.54 Å². The van der Waals surface area contributed by atoms with Crippen LogP contribution in [0.4, 0.5) is 0 Å². The predicted molar refractivity (Wildman–Crippen MR) is 103 cm³/mol. The molecule has 6 nitrogen and oxygen atoms in total. The van der Waals surface area contributed by atoms with E-state index < -0.39 is 0 Å². The van der Waals surface area contributed by atoms with Gasteiger partial charge in [-0.2, -0.15) is 16.6 Å². The summed E-state index contributed by atoms with van der Waals surface area (Å²) in [6.45, 7) is 3.26. The van der Waals surface area contributed by atoms with Crippen molar-refractivity contribution in [2.24, 2.45) is 0 Å². The summed E-state index contributed by atoms with van der Waals surface area (Å²) in [6.07, 6.45) is 1.62. The van der Waals surface area contributed by atoms with Crippen LogP contribution in [0.15, 0.2) is 45.5 Å². The maximum Gasteiger partial charge on any atom is 0.248 e. The van der Waals surface area contributed by atoms with Gasteiger partial charge in [0.25, 0.3) is 0 Å². The van der Waals surface area contributed by atoms with E-state index in [9.17, 15) is 4.79 Å². The second-order valence-electron chi connectivity index (χ2n) is 6.14. The van der Waals surface area contributed by atoms with Gasteiger partial charge in [-0.15, -0.1) is 10.2 Å². The van der Waals surface area contributed by atoms with Gasteiger partial charge in [-0.1, -0.05) is 19.1 Å². The Balaban J connectivity index is 1.59. The molecule has 0 N–H and O–H groups in total. The molecule has 0 saturated carbocycles. The van der Waals surface area contributed by atoms with Crippen LogP contribution < -0.4 is 0 Å². The highest BCUT2D eigenvalue weighted by atomic mass is 32.1. The fourth-order valence-corrected chi connectivity index (χ4v) is 3.33. The average Bonchev–Trinajstić information content (AvgIpc) is 3.38. The maximum atomic E-state index is 12.7. The number of aromatic nitrogens is 2. The van der Waals surface area contributed by atoms with Crippen molar-refractivity contribution in [3.63, 3.8) is 0 Å². The molecule has 0 fully saturated rings. The number of aryl methyl sites for hydroxylation is 1. The minimum atomic E-state index is 0.0523. The molecular weight excluding hydrogens is 360 g/mol. The monoisotopic (exact) mass is 380 g/mol. The van der Waals surface area contributed by atoms with E-state index in [4.69, 9.17) is 9.68 Å². The molecule has 3 aromatic rings. The molecule has 0 bridgehead atoms. The predicted octanol–water partition coefficient (Wildman–Crippen LogP) is 4.04. The van der Waals surface area contributed by atoms with Gasteiger partial charge in [0, 0.05) is 36.9 Å². The SMILES string of the molecule is CCCN(Cc1ccc(C#N)cc1)C(=O)CCc1nnc(-c2ccsc2)o1. The average molecular weight is 380 g/mol. The molecule has 0 aliphatic rings. The molecule has 0 aliphatic heterocycles. The lowest BCUT2D eigenvalue weighted by atomic mass is 10.1. The number of benzene rings is 1. The van der Waals surface area contributed by atoms with E-state index in [2.05, 4.69) is 16.3 Å². The summed E-state index contributed by atoms with van der Waals surface area (Å²) in [4.78, 5) is 14.5. The second-order valence-corrected chi connectivity index (χ2v) is 6.92. The van der Waals surface area contributed by atoms with Gasteiger partial charge in [0.2, 0.25) is 17.7 Å². The van der Waals surface area contributed by atoms with Crippen molar-refractivity contribution in [3.05, 3.63) is 58.1 Å². The van der Waals surface area contributed by atoms with Gasteiger partial charge in [-0.3, -0.25) is 4.79 Å². The van der Waals surface area contributed by atoms with Gasteiger partial charge >= 0.3 is 0 Å². The topological polar surface area (TPSA) is 83.0 Å². The molecule has 0 unspecified atom stereocenters. The molecule has 27 heavy (non-hydrogen) atoms. The fourth-order valence-electron chi connectivity index (χ4n) is 2.70. The van der Waals surface area contributed by atoms with Crippen molar-refractivity contribution in [1.82, 2.24) is 15.1 Å². The zero-order chi connectivity index (χ0) is 19.1. The summed E-state index contributed by atoms with van der Waals surface area (Å²) >= 11 is 1.57. The van der Waals surface area contributed by atoms with Crippen molar-refractivity contribution in [3.8, 4) is 17.5 Å². The highest BCUT2D eigenvalue weighted by Crippen LogP contribution is 2.21. The zero-order valence-corrected chi connectivity index (χ0v) is 15.9. The zero-order valence-electron chi connectivity index (χ0n) is 15.1. The number of rotatable bonds is 8. The van der Waals surface area contributed by atoms with Crippen LogP contribution in [0.2, 0.25) is 0 Å². The number of nitrogens with zero attached hydrogens (tertiary/aromatic N) is 4. The summed E-state index contributed by atoms with van der Waals surface area (Å²) < 4.78 is 5.65. The van der Waals surface area contributed by atoms with Crippen molar-refractivity contribution >= 4 is 17.2 Å². The molecule has 7 heteroatoms. The molecule has 0 saturated heterocycles. The molecule has 2 heterocycles. The molecule has 3 rings (SSSR count). The van der Waals surface area contributed by atoms with Crippen LogP contribution in [0.1, 0.15) is 36.8 Å². The third-order valence-electron chi connectivity index (χ3n) is 4.09. The number of carbonyl (C=O) groups is 1. The maximum absolute atomic E-state index is 12.7. The van der Waals surface area contributed by atoms with Crippen LogP contribution >= 0.6 is 11.3 Å². The summed E-state index contributed by atoms with van der Waals surface area (Å²) in [5, 5.41) is 20.9. The Morgan fingerprint density at radius 3 is 2.74 bits per heavy atom. The Morgan fingerprint density at radius 2 is 2.07 bits per heavy atom. The minimum Gasteiger partial charge on any atom is -0.421 e. The first-order chi connectivity index (χ1) is 13.2. The molecule has 0 atom stereocenters. The number of thiophene rings is 1. The Bertz CT molecular complexity index is 910. The Kier molecular flexibility index (Phi) is 6.34. The number of hydrogen-bond donors (Lipinski definition) is 0. The largest absolute Gasteiger partial charge is 0.421 e. The molecule has 1 aromatic carbocycles. The molecule has 0 aliphatic carbocycles. The second kappa shape index (κ2) is 9.10. The number of hydrogen-bond acceptors (Lipinski definition) is 6. The van der Waals surface area contributed by atoms with Gasteiger partial charge < -0.3 is 9.32 Å². The Morgan fingerprint density at radius 1 is 1.26 bits per heavy atom. The fraction of sp³-hybridized carbons (Fsp3) is 0.300.